The molecule has 0 saturated carbocycles. The fourth-order valence-electron chi connectivity index (χ4n) is 2.82. The van der Waals surface area contributed by atoms with Gasteiger partial charge in [-0.1, -0.05) is 33.8 Å². The minimum absolute atomic E-state index is 0.00593. The van der Waals surface area contributed by atoms with Gasteiger partial charge in [0.15, 0.2) is 0 Å². The Labute approximate surface area is 148 Å². The van der Waals surface area contributed by atoms with E-state index in [0.29, 0.717) is 24.4 Å². The van der Waals surface area contributed by atoms with Gasteiger partial charge >= 0.3 is 5.97 Å². The number of likely N-dealkylation sites (tertiary alicyclic amines) is 1. The molecule has 136 valence electrons. The number of benzene rings is 1. The average Bonchev–Trinajstić information content (AvgIpc) is 2.93. The van der Waals surface area contributed by atoms with Crippen molar-refractivity contribution in [2.75, 3.05) is 11.9 Å². The van der Waals surface area contributed by atoms with E-state index in [1.165, 1.54) is 0 Å². The van der Waals surface area contributed by atoms with Gasteiger partial charge in [-0.3, -0.25) is 9.59 Å². The molecule has 0 bridgehead atoms. The normalized spacial score (nSPS) is 15.6. The molecule has 1 N–H and O–H groups in total. The molecule has 0 aromatic heterocycles. The Morgan fingerprint density at radius 3 is 2.48 bits per heavy atom. The molecule has 1 saturated heterocycles. The predicted molar refractivity (Wildman–Crippen MR) is 95.1 cm³/mol. The monoisotopic (exact) mass is 346 g/mol. The molecule has 2 rings (SSSR count). The summed E-state index contributed by atoms with van der Waals surface area (Å²) >= 11 is 0. The summed E-state index contributed by atoms with van der Waals surface area (Å²) in [6.07, 6.45) is 1.25. The van der Waals surface area contributed by atoms with E-state index in [1.54, 1.807) is 43.0 Å². The second kappa shape index (κ2) is 8.14. The van der Waals surface area contributed by atoms with Crippen LogP contribution in [-0.2, 0) is 14.4 Å². The Hall–Kier alpha value is -2.37. The zero-order valence-corrected chi connectivity index (χ0v) is 15.2. The van der Waals surface area contributed by atoms with Crippen molar-refractivity contribution in [1.29, 1.82) is 0 Å². The number of carbonyl (C=O) groups excluding carboxylic acids is 3. The highest BCUT2D eigenvalue weighted by atomic mass is 16.5. The summed E-state index contributed by atoms with van der Waals surface area (Å²) in [5.41, 5.74) is 0.572. The van der Waals surface area contributed by atoms with E-state index in [-0.39, 0.29) is 23.7 Å². The van der Waals surface area contributed by atoms with Crippen molar-refractivity contribution < 1.29 is 19.1 Å². The first-order valence-corrected chi connectivity index (χ1v) is 8.71. The number of carbonyl (C=O) groups is 3. The van der Waals surface area contributed by atoms with E-state index in [0.717, 1.165) is 6.42 Å². The standard InChI is InChI=1S/C19H26N2O4/c1-12(2)17(21-10-6-9-16(21)22)19(24)25-15-8-5-7-14(11-15)20-18(23)13(3)4/h5,7-8,11-13,17H,6,9-10H2,1-4H3,(H,20,23)/t17-/m1/s1. The van der Waals surface area contributed by atoms with E-state index in [2.05, 4.69) is 5.32 Å². The number of hydrogen-bond donors (Lipinski definition) is 1. The molecule has 1 fully saturated rings. The lowest BCUT2D eigenvalue weighted by Crippen LogP contribution is -2.47. The van der Waals surface area contributed by atoms with E-state index in [4.69, 9.17) is 4.74 Å². The summed E-state index contributed by atoms with van der Waals surface area (Å²) in [5, 5.41) is 2.77. The molecule has 2 amide bonds. The molecule has 1 atom stereocenters. The van der Waals surface area contributed by atoms with Crippen LogP contribution >= 0.6 is 0 Å². The molecule has 0 radical (unpaired) electrons. The summed E-state index contributed by atoms with van der Waals surface area (Å²) < 4.78 is 5.50. The number of nitrogens with one attached hydrogen (secondary N) is 1. The van der Waals surface area contributed by atoms with Gasteiger partial charge < -0.3 is 15.0 Å². The zero-order valence-electron chi connectivity index (χ0n) is 15.2. The van der Waals surface area contributed by atoms with Gasteiger partial charge in [0.25, 0.3) is 0 Å². The molecule has 0 aliphatic carbocycles. The van der Waals surface area contributed by atoms with Gasteiger partial charge in [-0.15, -0.1) is 0 Å². The second-order valence-corrected chi connectivity index (χ2v) is 6.97. The summed E-state index contributed by atoms with van der Waals surface area (Å²) in [4.78, 5) is 38.0. The minimum Gasteiger partial charge on any atom is -0.425 e. The Bertz CT molecular complexity index is 655. The quantitative estimate of drug-likeness (QED) is 0.635. The predicted octanol–water partition coefficient (Wildman–Crippen LogP) is 2.83. The maximum Gasteiger partial charge on any atom is 0.334 e. The molecule has 1 aliphatic rings. The van der Waals surface area contributed by atoms with Crippen LogP contribution in [0.2, 0.25) is 0 Å². The number of amides is 2. The Morgan fingerprint density at radius 1 is 1.20 bits per heavy atom. The van der Waals surface area contributed by atoms with Crippen LogP contribution in [0, 0.1) is 11.8 Å². The molecule has 0 spiro atoms. The van der Waals surface area contributed by atoms with E-state index in [9.17, 15) is 14.4 Å². The third-order valence-electron chi connectivity index (χ3n) is 4.16. The van der Waals surface area contributed by atoms with Gasteiger partial charge in [0.05, 0.1) is 0 Å². The maximum atomic E-state index is 12.6. The number of nitrogens with zero attached hydrogens (tertiary/aromatic N) is 1. The molecule has 0 unspecified atom stereocenters. The lowest BCUT2D eigenvalue weighted by molar-refractivity contribution is -0.148. The number of rotatable bonds is 6. The van der Waals surface area contributed by atoms with E-state index < -0.39 is 12.0 Å². The summed E-state index contributed by atoms with van der Waals surface area (Å²) in [6.45, 7) is 7.99. The van der Waals surface area contributed by atoms with Crippen LogP contribution in [0.1, 0.15) is 40.5 Å². The molecule has 25 heavy (non-hydrogen) atoms. The molecule has 1 aromatic carbocycles. The number of anilines is 1. The Kier molecular flexibility index (Phi) is 6.17. The van der Waals surface area contributed by atoms with Crippen LogP contribution < -0.4 is 10.1 Å². The van der Waals surface area contributed by atoms with Gasteiger partial charge in [-0.2, -0.15) is 0 Å². The number of ether oxygens (including phenoxy) is 1. The van der Waals surface area contributed by atoms with Crippen molar-refractivity contribution in [2.24, 2.45) is 11.8 Å². The van der Waals surface area contributed by atoms with Gasteiger partial charge in [0.2, 0.25) is 11.8 Å². The Morgan fingerprint density at radius 2 is 1.92 bits per heavy atom. The third-order valence-corrected chi connectivity index (χ3v) is 4.16. The smallest absolute Gasteiger partial charge is 0.334 e. The first-order chi connectivity index (χ1) is 11.8. The fraction of sp³-hybridized carbons (Fsp3) is 0.526. The Balaban J connectivity index is 2.10. The minimum atomic E-state index is -0.594. The average molecular weight is 346 g/mol. The summed E-state index contributed by atoms with van der Waals surface area (Å²) in [5.74, 6) is -0.391. The van der Waals surface area contributed by atoms with Crippen molar-refractivity contribution in [1.82, 2.24) is 4.90 Å². The van der Waals surface area contributed by atoms with E-state index >= 15 is 0 Å². The lowest BCUT2D eigenvalue weighted by Gasteiger charge is -2.28. The topological polar surface area (TPSA) is 75.7 Å². The van der Waals surface area contributed by atoms with Gasteiger partial charge in [0, 0.05) is 30.6 Å². The van der Waals surface area contributed by atoms with E-state index in [1.807, 2.05) is 13.8 Å². The summed E-state index contributed by atoms with van der Waals surface area (Å²) in [7, 11) is 0. The first kappa shape index (κ1) is 19.0. The zero-order chi connectivity index (χ0) is 18.6. The molecule has 1 heterocycles. The summed E-state index contributed by atoms with van der Waals surface area (Å²) in [6, 6.07) is 6.13. The van der Waals surface area contributed by atoms with Crippen molar-refractivity contribution in [2.45, 2.75) is 46.6 Å². The van der Waals surface area contributed by atoms with Crippen LogP contribution in [0.25, 0.3) is 0 Å². The van der Waals surface area contributed by atoms with Crippen molar-refractivity contribution in [3.63, 3.8) is 0 Å². The van der Waals surface area contributed by atoms with Crippen LogP contribution in [0.15, 0.2) is 24.3 Å². The van der Waals surface area contributed by atoms with Crippen LogP contribution in [-0.4, -0.2) is 35.3 Å². The molecule has 6 nitrogen and oxygen atoms in total. The first-order valence-electron chi connectivity index (χ1n) is 8.71. The van der Waals surface area contributed by atoms with Crippen molar-refractivity contribution >= 4 is 23.5 Å². The van der Waals surface area contributed by atoms with Gasteiger partial charge in [-0.25, -0.2) is 4.79 Å². The molecular weight excluding hydrogens is 320 g/mol. The largest absolute Gasteiger partial charge is 0.425 e. The highest BCUT2D eigenvalue weighted by Gasteiger charge is 2.36. The van der Waals surface area contributed by atoms with Crippen molar-refractivity contribution in [3.8, 4) is 5.75 Å². The lowest BCUT2D eigenvalue weighted by atomic mass is 10.0. The van der Waals surface area contributed by atoms with Crippen molar-refractivity contribution in [3.05, 3.63) is 24.3 Å². The second-order valence-electron chi connectivity index (χ2n) is 6.97. The van der Waals surface area contributed by atoms with Crippen LogP contribution in [0.3, 0.4) is 0 Å². The van der Waals surface area contributed by atoms with Crippen LogP contribution in [0.5, 0.6) is 5.75 Å². The maximum absolute atomic E-state index is 12.6. The number of esters is 1. The molecule has 1 aromatic rings. The fourth-order valence-corrected chi connectivity index (χ4v) is 2.82. The third kappa shape index (κ3) is 4.81. The van der Waals surface area contributed by atoms with Gasteiger partial charge in [0.1, 0.15) is 11.8 Å². The highest BCUT2D eigenvalue weighted by Crippen LogP contribution is 2.23. The molecule has 6 heteroatoms. The molecule has 1 aliphatic heterocycles. The molecular formula is C19H26N2O4. The highest BCUT2D eigenvalue weighted by molar-refractivity contribution is 5.92. The van der Waals surface area contributed by atoms with Gasteiger partial charge in [-0.05, 0) is 24.5 Å². The number of hydrogen-bond acceptors (Lipinski definition) is 4. The van der Waals surface area contributed by atoms with Crippen LogP contribution in [0.4, 0.5) is 5.69 Å². The SMILES string of the molecule is CC(C)C(=O)Nc1cccc(OC(=O)[C@@H](C(C)C)N2CCCC2=O)c1.